The number of nitrogens with one attached hydrogen (secondary N) is 2. The summed E-state index contributed by atoms with van der Waals surface area (Å²) < 4.78 is 5.32. The van der Waals surface area contributed by atoms with Crippen molar-refractivity contribution in [2.45, 2.75) is 13.8 Å². The van der Waals surface area contributed by atoms with Crippen molar-refractivity contribution in [3.8, 4) is 5.75 Å². The molecule has 8 heteroatoms. The molecule has 0 spiro atoms. The Kier molecular flexibility index (Phi) is 6.02. The van der Waals surface area contributed by atoms with Gasteiger partial charge in [0.2, 0.25) is 0 Å². The van der Waals surface area contributed by atoms with Gasteiger partial charge >= 0.3 is 0 Å². The number of carbonyl (C=O) groups excluding carboxylic acids is 1. The average molecular weight is 359 g/mol. The minimum Gasteiger partial charge on any atom is -0.494 e. The molecule has 25 heavy (non-hydrogen) atoms. The summed E-state index contributed by atoms with van der Waals surface area (Å²) in [5.41, 5.74) is 1.36. The summed E-state index contributed by atoms with van der Waals surface area (Å²) in [6, 6.07) is 11.3. The maximum Gasteiger partial charge on any atom is 0.274 e. The van der Waals surface area contributed by atoms with E-state index in [1.165, 1.54) is 6.07 Å². The molecule has 0 heterocycles. The van der Waals surface area contributed by atoms with Crippen LogP contribution in [-0.4, -0.2) is 22.5 Å². The lowest BCUT2D eigenvalue weighted by molar-refractivity contribution is -0.385. The summed E-state index contributed by atoms with van der Waals surface area (Å²) in [5.74, 6) is 0.286. The Labute approximate surface area is 150 Å². The van der Waals surface area contributed by atoms with Crippen molar-refractivity contribution < 1.29 is 14.5 Å². The number of amides is 1. The van der Waals surface area contributed by atoms with Gasteiger partial charge in [0.25, 0.3) is 11.6 Å². The lowest BCUT2D eigenvalue weighted by Crippen LogP contribution is -2.34. The molecular weight excluding hydrogens is 342 g/mol. The fourth-order valence-corrected chi connectivity index (χ4v) is 2.30. The summed E-state index contributed by atoms with van der Waals surface area (Å²) >= 11 is 5.08. The Morgan fingerprint density at radius 2 is 1.92 bits per heavy atom. The first-order chi connectivity index (χ1) is 11.9. The predicted octanol–water partition coefficient (Wildman–Crippen LogP) is 3.43. The molecule has 7 nitrogen and oxygen atoms in total. The highest BCUT2D eigenvalue weighted by atomic mass is 32.1. The Morgan fingerprint density at radius 1 is 1.24 bits per heavy atom. The molecule has 0 saturated carbocycles. The molecule has 0 unspecified atom stereocenters. The number of nitro groups is 1. The molecule has 2 aromatic rings. The molecule has 0 aliphatic rings. The average Bonchev–Trinajstić information content (AvgIpc) is 2.57. The van der Waals surface area contributed by atoms with Gasteiger partial charge in [-0.2, -0.15) is 0 Å². The summed E-state index contributed by atoms with van der Waals surface area (Å²) in [6.45, 7) is 4.07. The number of carbonyl (C=O) groups is 1. The minimum atomic E-state index is -0.470. The fourth-order valence-electron chi connectivity index (χ4n) is 2.09. The van der Waals surface area contributed by atoms with Crippen molar-refractivity contribution in [2.75, 3.05) is 11.9 Å². The fraction of sp³-hybridized carbons (Fsp3) is 0.176. The van der Waals surface area contributed by atoms with Gasteiger partial charge in [-0.05, 0) is 56.4 Å². The maximum atomic E-state index is 12.2. The van der Waals surface area contributed by atoms with Crippen LogP contribution in [0.1, 0.15) is 22.8 Å². The standard InChI is InChI=1S/C17H17N3O4S/c1-3-24-14-8-5-12(6-9-14)16(21)19-17(25)18-13-7-4-11(2)15(10-13)20(22)23/h4-10H,3H2,1-2H3,(H2,18,19,21,25). The highest BCUT2D eigenvalue weighted by Gasteiger charge is 2.13. The highest BCUT2D eigenvalue weighted by Crippen LogP contribution is 2.22. The van der Waals surface area contributed by atoms with E-state index in [2.05, 4.69) is 10.6 Å². The van der Waals surface area contributed by atoms with Crippen molar-refractivity contribution in [3.63, 3.8) is 0 Å². The monoisotopic (exact) mass is 359 g/mol. The van der Waals surface area contributed by atoms with Crippen LogP contribution in [0.3, 0.4) is 0 Å². The van der Waals surface area contributed by atoms with Gasteiger partial charge in [0.1, 0.15) is 5.75 Å². The van der Waals surface area contributed by atoms with E-state index in [-0.39, 0.29) is 16.7 Å². The first-order valence-corrected chi connectivity index (χ1v) is 7.91. The molecule has 0 radical (unpaired) electrons. The van der Waals surface area contributed by atoms with Crippen molar-refractivity contribution in [1.29, 1.82) is 0 Å². The summed E-state index contributed by atoms with van der Waals surface area (Å²) in [7, 11) is 0. The largest absolute Gasteiger partial charge is 0.494 e. The van der Waals surface area contributed by atoms with Gasteiger partial charge in [-0.3, -0.25) is 20.2 Å². The van der Waals surface area contributed by atoms with Crippen LogP contribution in [0.15, 0.2) is 42.5 Å². The third kappa shape index (κ3) is 4.98. The second-order valence-corrected chi connectivity index (χ2v) is 5.53. The van der Waals surface area contributed by atoms with Gasteiger partial charge in [-0.25, -0.2) is 0 Å². The SMILES string of the molecule is CCOc1ccc(C(=O)NC(=S)Nc2ccc(C)c([N+](=O)[O-])c2)cc1. The summed E-state index contributed by atoms with van der Waals surface area (Å²) in [6.07, 6.45) is 0. The molecule has 2 N–H and O–H groups in total. The Bertz CT molecular complexity index is 806. The van der Waals surface area contributed by atoms with E-state index in [1.54, 1.807) is 43.3 Å². The molecular formula is C17H17N3O4S. The molecule has 0 saturated heterocycles. The quantitative estimate of drug-likeness (QED) is 0.483. The van der Waals surface area contributed by atoms with Crippen LogP contribution in [0.2, 0.25) is 0 Å². The van der Waals surface area contributed by atoms with E-state index < -0.39 is 4.92 Å². The van der Waals surface area contributed by atoms with Gasteiger partial charge in [0, 0.05) is 22.9 Å². The molecule has 0 aliphatic heterocycles. The number of thiocarbonyl (C=S) groups is 1. The lowest BCUT2D eigenvalue weighted by atomic mass is 10.2. The van der Waals surface area contributed by atoms with Crippen LogP contribution in [-0.2, 0) is 0 Å². The minimum absolute atomic E-state index is 0.0226. The molecule has 0 fully saturated rings. The first-order valence-electron chi connectivity index (χ1n) is 7.51. The first kappa shape index (κ1) is 18.3. The zero-order chi connectivity index (χ0) is 18.4. The van der Waals surface area contributed by atoms with Crippen LogP contribution in [0, 0.1) is 17.0 Å². The lowest BCUT2D eigenvalue weighted by Gasteiger charge is -2.10. The molecule has 0 aromatic heterocycles. The van der Waals surface area contributed by atoms with Gasteiger partial charge in [-0.1, -0.05) is 6.07 Å². The van der Waals surface area contributed by atoms with Crippen molar-refractivity contribution >= 4 is 34.6 Å². The zero-order valence-electron chi connectivity index (χ0n) is 13.7. The van der Waals surface area contributed by atoms with E-state index in [0.717, 1.165) is 0 Å². The second kappa shape index (κ2) is 8.20. The van der Waals surface area contributed by atoms with Crippen molar-refractivity contribution in [2.24, 2.45) is 0 Å². The number of nitro benzene ring substituents is 1. The summed E-state index contributed by atoms with van der Waals surface area (Å²) in [4.78, 5) is 22.6. The molecule has 1 amide bonds. The van der Waals surface area contributed by atoms with E-state index in [9.17, 15) is 14.9 Å². The molecule has 0 atom stereocenters. The van der Waals surface area contributed by atoms with Gasteiger partial charge in [-0.15, -0.1) is 0 Å². The van der Waals surface area contributed by atoms with Crippen molar-refractivity contribution in [1.82, 2.24) is 5.32 Å². The number of nitrogens with zero attached hydrogens (tertiary/aromatic N) is 1. The Morgan fingerprint density at radius 3 is 2.52 bits per heavy atom. The third-order valence-electron chi connectivity index (χ3n) is 3.32. The van der Waals surface area contributed by atoms with Gasteiger partial charge < -0.3 is 10.1 Å². The van der Waals surface area contributed by atoms with Gasteiger partial charge in [0.15, 0.2) is 5.11 Å². The Hall–Kier alpha value is -3.00. The van der Waals surface area contributed by atoms with E-state index in [4.69, 9.17) is 17.0 Å². The normalized spacial score (nSPS) is 10.0. The number of ether oxygens (including phenoxy) is 1. The number of hydrogen-bond acceptors (Lipinski definition) is 5. The molecule has 130 valence electrons. The number of hydrogen-bond donors (Lipinski definition) is 2. The van der Waals surface area contributed by atoms with Crippen LogP contribution < -0.4 is 15.4 Å². The second-order valence-electron chi connectivity index (χ2n) is 5.12. The molecule has 2 rings (SSSR count). The Balaban J connectivity index is 2.01. The topological polar surface area (TPSA) is 93.5 Å². The third-order valence-corrected chi connectivity index (χ3v) is 3.52. The van der Waals surface area contributed by atoms with E-state index in [1.807, 2.05) is 6.92 Å². The number of aryl methyl sites for hydroxylation is 1. The molecule has 0 bridgehead atoms. The number of anilines is 1. The summed E-state index contributed by atoms with van der Waals surface area (Å²) in [5, 5.41) is 16.3. The zero-order valence-corrected chi connectivity index (χ0v) is 14.6. The number of rotatable bonds is 5. The predicted molar refractivity (Wildman–Crippen MR) is 99.1 cm³/mol. The van der Waals surface area contributed by atoms with Crippen LogP contribution in [0.4, 0.5) is 11.4 Å². The van der Waals surface area contributed by atoms with E-state index >= 15 is 0 Å². The highest BCUT2D eigenvalue weighted by molar-refractivity contribution is 7.80. The maximum absolute atomic E-state index is 12.2. The van der Waals surface area contributed by atoms with Crippen LogP contribution >= 0.6 is 12.2 Å². The smallest absolute Gasteiger partial charge is 0.274 e. The van der Waals surface area contributed by atoms with Crippen molar-refractivity contribution in [3.05, 3.63) is 63.7 Å². The molecule has 2 aromatic carbocycles. The molecule has 0 aliphatic carbocycles. The number of benzene rings is 2. The van der Waals surface area contributed by atoms with Crippen LogP contribution in [0.5, 0.6) is 5.75 Å². The van der Waals surface area contributed by atoms with Crippen LogP contribution in [0.25, 0.3) is 0 Å². The van der Waals surface area contributed by atoms with E-state index in [0.29, 0.717) is 29.2 Å². The van der Waals surface area contributed by atoms with Gasteiger partial charge in [0.05, 0.1) is 11.5 Å².